The van der Waals surface area contributed by atoms with Gasteiger partial charge in [0, 0.05) is 5.56 Å². The molecule has 1 heterocycles. The van der Waals surface area contributed by atoms with Gasteiger partial charge in [-0.2, -0.15) is 0 Å². The first-order chi connectivity index (χ1) is 10.1. The smallest absolute Gasteiger partial charge is 0.147 e. The monoisotopic (exact) mass is 318 g/mol. The number of hydrogen-bond acceptors (Lipinski definition) is 3. The SMILES string of the molecule is Cc1ccc(-c2nnc(C(Cl)c3ccccc3)s2)cc1F. The molecule has 0 N–H and O–H groups in total. The maximum atomic E-state index is 13.6. The van der Waals surface area contributed by atoms with E-state index in [0.717, 1.165) is 11.1 Å². The second-order valence-electron chi connectivity index (χ2n) is 4.68. The minimum atomic E-state index is -0.340. The first kappa shape index (κ1) is 14.2. The van der Waals surface area contributed by atoms with Crippen molar-refractivity contribution in [2.75, 3.05) is 0 Å². The summed E-state index contributed by atoms with van der Waals surface area (Å²) in [4.78, 5) is 0. The van der Waals surface area contributed by atoms with Crippen LogP contribution in [0, 0.1) is 12.7 Å². The summed E-state index contributed by atoms with van der Waals surface area (Å²) in [7, 11) is 0. The van der Waals surface area contributed by atoms with Gasteiger partial charge in [-0.15, -0.1) is 21.8 Å². The highest BCUT2D eigenvalue weighted by molar-refractivity contribution is 7.15. The largest absolute Gasteiger partial charge is 0.207 e. The Morgan fingerprint density at radius 3 is 2.57 bits per heavy atom. The van der Waals surface area contributed by atoms with Gasteiger partial charge in [0.2, 0.25) is 0 Å². The quantitative estimate of drug-likeness (QED) is 0.636. The van der Waals surface area contributed by atoms with Crippen LogP contribution in [0.5, 0.6) is 0 Å². The van der Waals surface area contributed by atoms with Gasteiger partial charge in [-0.1, -0.05) is 53.8 Å². The number of rotatable bonds is 3. The fourth-order valence-corrected chi connectivity index (χ4v) is 3.11. The molecule has 0 saturated heterocycles. The molecule has 2 aromatic carbocycles. The van der Waals surface area contributed by atoms with E-state index in [2.05, 4.69) is 10.2 Å². The van der Waals surface area contributed by atoms with Gasteiger partial charge in [0.25, 0.3) is 0 Å². The van der Waals surface area contributed by atoms with Crippen LogP contribution in [0.25, 0.3) is 10.6 Å². The summed E-state index contributed by atoms with van der Waals surface area (Å²) in [5.41, 5.74) is 2.30. The molecule has 3 aromatic rings. The molecule has 2 nitrogen and oxygen atoms in total. The molecular weight excluding hydrogens is 307 g/mol. The molecule has 0 aliphatic carbocycles. The number of alkyl halides is 1. The van der Waals surface area contributed by atoms with Crippen LogP contribution in [0.4, 0.5) is 4.39 Å². The van der Waals surface area contributed by atoms with Crippen molar-refractivity contribution in [1.29, 1.82) is 0 Å². The highest BCUT2D eigenvalue weighted by atomic mass is 35.5. The van der Waals surface area contributed by atoms with Crippen molar-refractivity contribution in [2.45, 2.75) is 12.3 Å². The van der Waals surface area contributed by atoms with Crippen LogP contribution < -0.4 is 0 Å². The standard InChI is InChI=1S/C16H12ClFN2S/c1-10-7-8-12(9-13(10)18)15-19-20-16(21-15)14(17)11-5-3-2-4-6-11/h2-9,14H,1H3. The van der Waals surface area contributed by atoms with Gasteiger partial charge in [0.05, 0.1) is 0 Å². The van der Waals surface area contributed by atoms with E-state index in [4.69, 9.17) is 11.6 Å². The minimum absolute atomic E-state index is 0.241. The molecule has 5 heteroatoms. The highest BCUT2D eigenvalue weighted by Gasteiger charge is 2.17. The predicted octanol–water partition coefficient (Wildman–Crippen LogP) is 4.98. The van der Waals surface area contributed by atoms with Crippen molar-refractivity contribution in [1.82, 2.24) is 10.2 Å². The van der Waals surface area contributed by atoms with Gasteiger partial charge in [-0.05, 0) is 24.1 Å². The lowest BCUT2D eigenvalue weighted by molar-refractivity contribution is 0.619. The Morgan fingerprint density at radius 2 is 1.86 bits per heavy atom. The maximum Gasteiger partial charge on any atom is 0.147 e. The number of nitrogens with zero attached hydrogens (tertiary/aromatic N) is 2. The third-order valence-electron chi connectivity index (χ3n) is 3.17. The zero-order valence-electron chi connectivity index (χ0n) is 11.3. The third-order valence-corrected chi connectivity index (χ3v) is 4.79. The molecule has 106 valence electrons. The van der Waals surface area contributed by atoms with Crippen molar-refractivity contribution in [3.05, 3.63) is 70.5 Å². The van der Waals surface area contributed by atoms with Gasteiger partial charge < -0.3 is 0 Å². The van der Waals surface area contributed by atoms with Gasteiger partial charge in [0.1, 0.15) is 21.2 Å². The Bertz CT molecular complexity index is 758. The van der Waals surface area contributed by atoms with Crippen molar-refractivity contribution < 1.29 is 4.39 Å². The summed E-state index contributed by atoms with van der Waals surface area (Å²) in [6, 6.07) is 14.8. The van der Waals surface area contributed by atoms with Crippen molar-refractivity contribution in [3.8, 4) is 10.6 Å². The topological polar surface area (TPSA) is 25.8 Å². The summed E-state index contributed by atoms with van der Waals surface area (Å²) in [6.07, 6.45) is 0. The van der Waals surface area contributed by atoms with E-state index < -0.39 is 0 Å². The average Bonchev–Trinajstić information content (AvgIpc) is 3.00. The summed E-state index contributed by atoms with van der Waals surface area (Å²) in [5.74, 6) is -0.241. The molecule has 0 fully saturated rings. The molecule has 0 radical (unpaired) electrons. The van der Waals surface area contributed by atoms with Gasteiger partial charge in [-0.3, -0.25) is 0 Å². The molecule has 1 atom stereocenters. The maximum absolute atomic E-state index is 13.6. The molecule has 0 aliphatic heterocycles. The van der Waals surface area contributed by atoms with E-state index >= 15 is 0 Å². The van der Waals surface area contributed by atoms with Gasteiger partial charge in [-0.25, -0.2) is 4.39 Å². The number of aryl methyl sites for hydroxylation is 1. The first-order valence-corrected chi connectivity index (χ1v) is 7.69. The van der Waals surface area contributed by atoms with Crippen LogP contribution in [-0.4, -0.2) is 10.2 Å². The van der Waals surface area contributed by atoms with E-state index in [0.29, 0.717) is 15.6 Å². The van der Waals surface area contributed by atoms with Crippen molar-refractivity contribution in [2.24, 2.45) is 0 Å². The molecule has 1 unspecified atom stereocenters. The van der Waals surface area contributed by atoms with Crippen LogP contribution in [0.1, 0.15) is 21.5 Å². The Labute approximate surface area is 131 Å². The average molecular weight is 319 g/mol. The summed E-state index contributed by atoms with van der Waals surface area (Å²) in [5, 5.41) is 9.30. The lowest BCUT2D eigenvalue weighted by Gasteiger charge is -2.04. The highest BCUT2D eigenvalue weighted by Crippen LogP contribution is 2.34. The lowest BCUT2D eigenvalue weighted by atomic mass is 10.1. The minimum Gasteiger partial charge on any atom is -0.207 e. The molecule has 0 saturated carbocycles. The van der Waals surface area contributed by atoms with E-state index in [9.17, 15) is 4.39 Å². The molecule has 0 spiro atoms. The molecule has 21 heavy (non-hydrogen) atoms. The molecule has 0 aliphatic rings. The Kier molecular flexibility index (Phi) is 3.99. The summed E-state index contributed by atoms with van der Waals surface area (Å²) >= 11 is 7.81. The van der Waals surface area contributed by atoms with E-state index in [1.807, 2.05) is 36.4 Å². The fraction of sp³-hybridized carbons (Fsp3) is 0.125. The number of benzene rings is 2. The van der Waals surface area contributed by atoms with Gasteiger partial charge in [0.15, 0.2) is 0 Å². The zero-order valence-corrected chi connectivity index (χ0v) is 12.8. The van der Waals surface area contributed by atoms with Gasteiger partial charge >= 0.3 is 0 Å². The Balaban J connectivity index is 1.91. The van der Waals surface area contributed by atoms with Crippen molar-refractivity contribution >= 4 is 22.9 Å². The van der Waals surface area contributed by atoms with E-state index in [1.165, 1.54) is 17.4 Å². The fourth-order valence-electron chi connectivity index (χ4n) is 1.94. The molecular formula is C16H12ClFN2S. The van der Waals surface area contributed by atoms with Crippen LogP contribution in [-0.2, 0) is 0 Å². The normalized spacial score (nSPS) is 12.3. The zero-order chi connectivity index (χ0) is 14.8. The third kappa shape index (κ3) is 2.96. The molecule has 0 bridgehead atoms. The number of hydrogen-bond donors (Lipinski definition) is 0. The van der Waals surface area contributed by atoms with Crippen LogP contribution in [0.15, 0.2) is 48.5 Å². The second kappa shape index (κ2) is 5.92. The van der Waals surface area contributed by atoms with Crippen molar-refractivity contribution in [3.63, 3.8) is 0 Å². The number of aromatic nitrogens is 2. The van der Waals surface area contributed by atoms with Crippen LogP contribution >= 0.6 is 22.9 Å². The molecule has 1 aromatic heterocycles. The predicted molar refractivity (Wildman–Crippen MR) is 84.2 cm³/mol. The second-order valence-corrected chi connectivity index (χ2v) is 6.13. The number of halogens is 2. The summed E-state index contributed by atoms with van der Waals surface area (Å²) in [6.45, 7) is 1.73. The molecule has 3 rings (SSSR count). The Morgan fingerprint density at radius 1 is 1.10 bits per heavy atom. The van der Waals surface area contributed by atoms with Crippen LogP contribution in [0.2, 0.25) is 0 Å². The lowest BCUT2D eigenvalue weighted by Crippen LogP contribution is -1.91. The van der Waals surface area contributed by atoms with E-state index in [1.54, 1.807) is 13.0 Å². The Hall–Kier alpha value is -1.78. The molecule has 0 amide bonds. The summed E-state index contributed by atoms with van der Waals surface area (Å²) < 4.78 is 13.6. The first-order valence-electron chi connectivity index (χ1n) is 6.44. The van der Waals surface area contributed by atoms with E-state index in [-0.39, 0.29) is 11.2 Å². The van der Waals surface area contributed by atoms with Crippen LogP contribution in [0.3, 0.4) is 0 Å².